The molecule has 0 aromatic heterocycles. The zero-order chi connectivity index (χ0) is 20.1. The molecule has 0 saturated carbocycles. The van der Waals surface area contributed by atoms with Crippen LogP contribution in [0.1, 0.15) is 30.9 Å². The zero-order valence-electron chi connectivity index (χ0n) is 19.5. The summed E-state index contributed by atoms with van der Waals surface area (Å²) in [6.07, 6.45) is 4.85. The van der Waals surface area contributed by atoms with Gasteiger partial charge in [-0.15, -0.1) is 49.6 Å². The second kappa shape index (κ2) is 15.9. The van der Waals surface area contributed by atoms with Gasteiger partial charge in [-0.1, -0.05) is 31.2 Å². The highest BCUT2D eigenvalue weighted by molar-refractivity contribution is 5.86. The lowest BCUT2D eigenvalue weighted by atomic mass is 9.87. The van der Waals surface area contributed by atoms with Crippen molar-refractivity contribution in [3.05, 3.63) is 59.7 Å². The van der Waals surface area contributed by atoms with Gasteiger partial charge in [0, 0.05) is 56.7 Å². The van der Waals surface area contributed by atoms with Crippen molar-refractivity contribution in [2.24, 2.45) is 0 Å². The van der Waals surface area contributed by atoms with Crippen molar-refractivity contribution in [1.82, 2.24) is 9.80 Å². The maximum absolute atomic E-state index is 6.05. The minimum Gasteiger partial charge on any atom is -0.399 e. The molecule has 1 heterocycles. The summed E-state index contributed by atoms with van der Waals surface area (Å²) < 4.78 is 0. The van der Waals surface area contributed by atoms with E-state index in [0.29, 0.717) is 6.04 Å². The SMILES string of the molecule is CCCN(CCN1CCN(c2ccccc2)CC1)C1CCc2ccc(N)cc2C1.Cl.Cl.Cl.Cl. The highest BCUT2D eigenvalue weighted by Gasteiger charge is 2.25. The Kier molecular flexibility index (Phi) is 15.5. The molecule has 4 rings (SSSR count). The Morgan fingerprint density at radius 2 is 1.58 bits per heavy atom. The van der Waals surface area contributed by atoms with E-state index in [4.69, 9.17) is 5.73 Å². The van der Waals surface area contributed by atoms with Gasteiger partial charge >= 0.3 is 0 Å². The summed E-state index contributed by atoms with van der Waals surface area (Å²) in [5.74, 6) is 0. The van der Waals surface area contributed by atoms with Crippen LogP contribution in [0.5, 0.6) is 0 Å². The number of benzene rings is 2. The van der Waals surface area contributed by atoms with Crippen molar-refractivity contribution in [3.63, 3.8) is 0 Å². The van der Waals surface area contributed by atoms with Crippen molar-refractivity contribution < 1.29 is 0 Å². The Morgan fingerprint density at radius 1 is 0.879 bits per heavy atom. The summed E-state index contributed by atoms with van der Waals surface area (Å²) in [6.45, 7) is 10.5. The third-order valence-corrected chi connectivity index (χ3v) is 6.66. The second-order valence-corrected chi connectivity index (χ2v) is 8.62. The lowest BCUT2D eigenvalue weighted by Gasteiger charge is -2.39. The van der Waals surface area contributed by atoms with E-state index in [1.54, 1.807) is 0 Å². The van der Waals surface area contributed by atoms with Gasteiger partial charge in [0.1, 0.15) is 0 Å². The minimum atomic E-state index is 0. The lowest BCUT2D eigenvalue weighted by Crippen LogP contribution is -2.50. The standard InChI is InChI=1S/C25H36N4.4ClH/c1-2-12-28(25-11-9-21-8-10-23(26)19-22(21)20-25)16-13-27-14-17-29(18-15-27)24-6-4-3-5-7-24;;;;/h3-8,10,19,25H,2,9,11-18,20,26H2,1H3;4*1H. The largest absolute Gasteiger partial charge is 0.399 e. The van der Waals surface area contributed by atoms with E-state index < -0.39 is 0 Å². The number of aryl methyl sites for hydroxylation is 1. The molecule has 2 N–H and O–H groups in total. The molecule has 1 atom stereocenters. The molecule has 1 saturated heterocycles. The molecule has 33 heavy (non-hydrogen) atoms. The molecule has 2 aromatic rings. The molecule has 0 bridgehead atoms. The Bertz CT molecular complexity index is 785. The first-order valence-electron chi connectivity index (χ1n) is 11.4. The molecule has 1 aliphatic heterocycles. The molecule has 1 aliphatic carbocycles. The van der Waals surface area contributed by atoms with Gasteiger partial charge in [0.25, 0.3) is 0 Å². The molecule has 0 spiro atoms. The van der Waals surface area contributed by atoms with Crippen LogP contribution in [0.2, 0.25) is 0 Å². The van der Waals surface area contributed by atoms with Crippen LogP contribution in [0.4, 0.5) is 11.4 Å². The van der Waals surface area contributed by atoms with E-state index in [1.165, 1.54) is 68.8 Å². The lowest BCUT2D eigenvalue weighted by molar-refractivity contribution is 0.145. The summed E-state index contributed by atoms with van der Waals surface area (Å²) in [4.78, 5) is 7.91. The van der Waals surface area contributed by atoms with Gasteiger partial charge in [-0.05, 0) is 67.6 Å². The van der Waals surface area contributed by atoms with Crippen molar-refractivity contribution in [3.8, 4) is 0 Å². The maximum atomic E-state index is 6.05. The van der Waals surface area contributed by atoms with Gasteiger partial charge in [0.05, 0.1) is 0 Å². The first kappa shape index (κ1) is 32.1. The molecular weight excluding hydrogens is 498 g/mol. The topological polar surface area (TPSA) is 35.7 Å². The number of hydrogen-bond donors (Lipinski definition) is 1. The van der Waals surface area contributed by atoms with Crippen molar-refractivity contribution >= 4 is 61.0 Å². The van der Waals surface area contributed by atoms with E-state index in [-0.39, 0.29) is 49.6 Å². The average molecular weight is 538 g/mol. The Balaban J connectivity index is 0.00000256. The van der Waals surface area contributed by atoms with Gasteiger partial charge in [0.2, 0.25) is 0 Å². The maximum Gasteiger partial charge on any atom is 0.0367 e. The molecule has 8 heteroatoms. The number of nitrogens with zero attached hydrogens (tertiary/aromatic N) is 3. The molecule has 188 valence electrons. The van der Waals surface area contributed by atoms with E-state index in [1.807, 2.05) is 0 Å². The number of nitrogen functional groups attached to an aromatic ring is 1. The van der Waals surface area contributed by atoms with Crippen molar-refractivity contribution in [1.29, 1.82) is 0 Å². The Morgan fingerprint density at radius 3 is 2.24 bits per heavy atom. The van der Waals surface area contributed by atoms with Crippen LogP contribution in [0.15, 0.2) is 48.5 Å². The predicted molar refractivity (Wildman–Crippen MR) is 153 cm³/mol. The number of halogens is 4. The van der Waals surface area contributed by atoms with Crippen LogP contribution < -0.4 is 10.6 Å². The van der Waals surface area contributed by atoms with Gasteiger partial charge in [-0.25, -0.2) is 0 Å². The molecule has 0 amide bonds. The monoisotopic (exact) mass is 536 g/mol. The minimum absolute atomic E-state index is 0. The molecule has 2 aliphatic rings. The first-order valence-corrected chi connectivity index (χ1v) is 11.4. The molecule has 0 radical (unpaired) electrons. The molecule has 1 fully saturated rings. The predicted octanol–water partition coefficient (Wildman–Crippen LogP) is 5.35. The third kappa shape index (κ3) is 8.69. The molecule has 4 nitrogen and oxygen atoms in total. The zero-order valence-corrected chi connectivity index (χ0v) is 22.8. The van der Waals surface area contributed by atoms with Gasteiger partial charge in [0.15, 0.2) is 0 Å². The van der Waals surface area contributed by atoms with Crippen molar-refractivity contribution in [2.45, 2.75) is 38.6 Å². The molecule has 2 aromatic carbocycles. The average Bonchev–Trinajstić information content (AvgIpc) is 2.77. The van der Waals surface area contributed by atoms with E-state index in [0.717, 1.165) is 25.2 Å². The number of para-hydroxylation sites is 1. The molecule has 1 unspecified atom stereocenters. The van der Waals surface area contributed by atoms with E-state index in [9.17, 15) is 0 Å². The van der Waals surface area contributed by atoms with E-state index in [2.05, 4.69) is 70.2 Å². The van der Waals surface area contributed by atoms with Crippen LogP contribution in [-0.2, 0) is 12.8 Å². The van der Waals surface area contributed by atoms with Crippen LogP contribution in [0, 0.1) is 0 Å². The Hall–Kier alpha value is -0.880. The summed E-state index contributed by atoms with van der Waals surface area (Å²) in [7, 11) is 0. The van der Waals surface area contributed by atoms with Crippen LogP contribution in [0.3, 0.4) is 0 Å². The highest BCUT2D eigenvalue weighted by Crippen LogP contribution is 2.26. The highest BCUT2D eigenvalue weighted by atomic mass is 35.5. The second-order valence-electron chi connectivity index (χ2n) is 8.62. The van der Waals surface area contributed by atoms with Gasteiger partial charge in [-0.2, -0.15) is 0 Å². The fourth-order valence-corrected chi connectivity index (χ4v) is 4.97. The number of hydrogen-bond acceptors (Lipinski definition) is 4. The quantitative estimate of drug-likeness (QED) is 0.483. The van der Waals surface area contributed by atoms with Crippen LogP contribution >= 0.6 is 49.6 Å². The summed E-state index contributed by atoms with van der Waals surface area (Å²) in [6, 6.07) is 18.0. The number of rotatable bonds is 7. The normalized spacial score (nSPS) is 17.6. The fraction of sp³-hybridized carbons (Fsp3) is 0.520. The first-order chi connectivity index (χ1) is 14.2. The van der Waals surface area contributed by atoms with Gasteiger partial charge < -0.3 is 10.6 Å². The Labute approximate surface area is 224 Å². The number of piperazine rings is 1. The molecular formula is C25H40Cl4N4. The number of fused-ring (bicyclic) bond motifs is 1. The van der Waals surface area contributed by atoms with Crippen LogP contribution in [-0.4, -0.2) is 61.7 Å². The smallest absolute Gasteiger partial charge is 0.0367 e. The van der Waals surface area contributed by atoms with Crippen molar-refractivity contribution in [2.75, 3.05) is 56.4 Å². The summed E-state index contributed by atoms with van der Waals surface area (Å²) >= 11 is 0. The van der Waals surface area contributed by atoms with Crippen LogP contribution in [0.25, 0.3) is 0 Å². The summed E-state index contributed by atoms with van der Waals surface area (Å²) in [5, 5.41) is 0. The van der Waals surface area contributed by atoms with E-state index >= 15 is 0 Å². The fourth-order valence-electron chi connectivity index (χ4n) is 4.97. The summed E-state index contributed by atoms with van der Waals surface area (Å²) in [5.41, 5.74) is 11.3. The van der Waals surface area contributed by atoms with Gasteiger partial charge in [-0.3, -0.25) is 9.80 Å². The number of anilines is 2. The third-order valence-electron chi connectivity index (χ3n) is 6.66. The number of nitrogens with two attached hydrogens (primary N) is 1.